The second-order valence-corrected chi connectivity index (χ2v) is 4.46. The molecule has 0 aliphatic heterocycles. The van der Waals surface area contributed by atoms with Crippen LogP contribution in [0.5, 0.6) is 5.75 Å². The number of hydrogen-bond acceptors (Lipinski definition) is 4. The summed E-state index contributed by atoms with van der Waals surface area (Å²) in [4.78, 5) is 11.3. The maximum absolute atomic E-state index is 11.3. The molecule has 2 N–H and O–H groups in total. The lowest BCUT2D eigenvalue weighted by molar-refractivity contribution is 0.0684. The van der Waals surface area contributed by atoms with Crippen molar-refractivity contribution >= 4 is 11.7 Å². The van der Waals surface area contributed by atoms with Crippen LogP contribution in [0, 0.1) is 0 Å². The molecule has 0 bridgehead atoms. The first-order valence-corrected chi connectivity index (χ1v) is 6.90. The van der Waals surface area contributed by atoms with Crippen molar-refractivity contribution in [1.82, 2.24) is 9.78 Å². The van der Waals surface area contributed by atoms with E-state index in [2.05, 4.69) is 10.4 Å². The van der Waals surface area contributed by atoms with Crippen molar-refractivity contribution in [2.75, 3.05) is 11.9 Å². The number of nitrogens with one attached hydrogen (secondary N) is 1. The van der Waals surface area contributed by atoms with Gasteiger partial charge >= 0.3 is 5.97 Å². The highest BCUT2D eigenvalue weighted by atomic mass is 16.5. The molecular weight excluding hydrogens is 270 g/mol. The van der Waals surface area contributed by atoms with Crippen molar-refractivity contribution in [1.29, 1.82) is 0 Å². The van der Waals surface area contributed by atoms with E-state index in [1.54, 1.807) is 6.20 Å². The minimum absolute atomic E-state index is 0.184. The summed E-state index contributed by atoms with van der Waals surface area (Å²) in [5.74, 6) is -0.158. The third-order valence-electron chi connectivity index (χ3n) is 3.06. The quantitative estimate of drug-likeness (QED) is 0.819. The summed E-state index contributed by atoms with van der Waals surface area (Å²) >= 11 is 0. The molecule has 1 aromatic heterocycles. The van der Waals surface area contributed by atoms with E-state index in [4.69, 9.17) is 4.74 Å². The highest BCUT2D eigenvalue weighted by Gasteiger charge is 2.16. The summed E-state index contributed by atoms with van der Waals surface area (Å²) in [6, 6.07) is 7.69. The zero-order valence-electron chi connectivity index (χ0n) is 12.2. The average Bonchev–Trinajstić information content (AvgIpc) is 2.90. The largest absolute Gasteiger partial charge is 0.494 e. The summed E-state index contributed by atoms with van der Waals surface area (Å²) in [6.45, 7) is 5.48. The number of carbonyl (C=O) groups is 1. The summed E-state index contributed by atoms with van der Waals surface area (Å²) in [6.07, 6.45) is 1.54. The molecule has 0 aliphatic rings. The van der Waals surface area contributed by atoms with Crippen molar-refractivity contribution in [3.63, 3.8) is 0 Å². The van der Waals surface area contributed by atoms with Crippen LogP contribution in [-0.2, 0) is 13.1 Å². The number of carboxylic acid groups (broad SMARTS) is 1. The molecule has 0 fully saturated rings. The predicted octanol–water partition coefficient (Wildman–Crippen LogP) is 2.61. The van der Waals surface area contributed by atoms with Crippen LogP contribution < -0.4 is 10.1 Å². The van der Waals surface area contributed by atoms with Gasteiger partial charge < -0.3 is 15.2 Å². The standard InChI is InChI=1S/C15H19N3O3/c1-3-18-14(15(19)20)13(10-17-18)16-9-11-5-7-12(8-6-11)21-4-2/h5-8,10,16H,3-4,9H2,1-2H3,(H,19,20). The van der Waals surface area contributed by atoms with Crippen LogP contribution in [0.25, 0.3) is 0 Å². The minimum Gasteiger partial charge on any atom is -0.494 e. The van der Waals surface area contributed by atoms with Gasteiger partial charge in [-0.15, -0.1) is 0 Å². The Bertz CT molecular complexity index is 605. The lowest BCUT2D eigenvalue weighted by atomic mass is 10.2. The number of ether oxygens (including phenoxy) is 1. The summed E-state index contributed by atoms with van der Waals surface area (Å²) in [7, 11) is 0. The Morgan fingerprint density at radius 1 is 1.33 bits per heavy atom. The van der Waals surface area contributed by atoms with E-state index in [1.165, 1.54) is 4.68 Å². The molecule has 0 aliphatic carbocycles. The predicted molar refractivity (Wildman–Crippen MR) is 79.8 cm³/mol. The molecule has 21 heavy (non-hydrogen) atoms. The Kier molecular flexibility index (Phi) is 4.81. The fourth-order valence-corrected chi connectivity index (χ4v) is 2.05. The van der Waals surface area contributed by atoms with E-state index in [-0.39, 0.29) is 5.69 Å². The normalized spacial score (nSPS) is 10.4. The zero-order chi connectivity index (χ0) is 15.2. The third-order valence-corrected chi connectivity index (χ3v) is 3.06. The molecule has 112 valence electrons. The molecule has 0 spiro atoms. The second-order valence-electron chi connectivity index (χ2n) is 4.46. The maximum atomic E-state index is 11.3. The van der Waals surface area contributed by atoms with E-state index in [1.807, 2.05) is 38.1 Å². The Morgan fingerprint density at radius 2 is 2.05 bits per heavy atom. The fraction of sp³-hybridized carbons (Fsp3) is 0.333. The van der Waals surface area contributed by atoms with Gasteiger partial charge in [-0.1, -0.05) is 12.1 Å². The molecule has 0 amide bonds. The van der Waals surface area contributed by atoms with E-state index < -0.39 is 5.97 Å². The van der Waals surface area contributed by atoms with Crippen LogP contribution in [0.4, 0.5) is 5.69 Å². The van der Waals surface area contributed by atoms with Crippen molar-refractivity contribution < 1.29 is 14.6 Å². The molecule has 0 saturated carbocycles. The molecule has 6 heteroatoms. The monoisotopic (exact) mass is 289 g/mol. The molecule has 0 saturated heterocycles. The van der Waals surface area contributed by atoms with Gasteiger partial charge in [-0.05, 0) is 31.5 Å². The van der Waals surface area contributed by atoms with Crippen molar-refractivity contribution in [2.45, 2.75) is 26.9 Å². The minimum atomic E-state index is -0.983. The van der Waals surface area contributed by atoms with Crippen LogP contribution in [0.15, 0.2) is 30.5 Å². The van der Waals surface area contributed by atoms with E-state index in [9.17, 15) is 9.90 Å². The smallest absolute Gasteiger partial charge is 0.356 e. The van der Waals surface area contributed by atoms with Gasteiger partial charge in [-0.2, -0.15) is 5.10 Å². The number of nitrogens with zero attached hydrogens (tertiary/aromatic N) is 2. The summed E-state index contributed by atoms with van der Waals surface area (Å²) in [5, 5.41) is 16.4. The van der Waals surface area contributed by atoms with E-state index in [0.29, 0.717) is 25.4 Å². The highest BCUT2D eigenvalue weighted by molar-refractivity contribution is 5.92. The van der Waals surface area contributed by atoms with Gasteiger partial charge in [0.15, 0.2) is 5.69 Å². The number of aromatic nitrogens is 2. The van der Waals surface area contributed by atoms with Gasteiger partial charge in [0.2, 0.25) is 0 Å². The van der Waals surface area contributed by atoms with Gasteiger partial charge in [0.1, 0.15) is 5.75 Å². The lowest BCUT2D eigenvalue weighted by Crippen LogP contribution is -2.11. The molecule has 6 nitrogen and oxygen atoms in total. The van der Waals surface area contributed by atoms with Crippen LogP contribution in [-0.4, -0.2) is 27.5 Å². The van der Waals surface area contributed by atoms with E-state index in [0.717, 1.165) is 11.3 Å². The molecule has 2 aromatic rings. The SMILES string of the molecule is CCOc1ccc(CNc2cnn(CC)c2C(=O)O)cc1. The Balaban J connectivity index is 2.06. The Labute approximate surface area is 123 Å². The average molecular weight is 289 g/mol. The van der Waals surface area contributed by atoms with Crippen LogP contribution >= 0.6 is 0 Å². The van der Waals surface area contributed by atoms with Gasteiger partial charge in [0.05, 0.1) is 18.5 Å². The van der Waals surface area contributed by atoms with Gasteiger partial charge in [-0.3, -0.25) is 4.68 Å². The molecule has 0 unspecified atom stereocenters. The molecular formula is C15H19N3O3. The number of benzene rings is 1. The van der Waals surface area contributed by atoms with Crippen molar-refractivity contribution in [3.05, 3.63) is 41.7 Å². The van der Waals surface area contributed by atoms with E-state index >= 15 is 0 Å². The maximum Gasteiger partial charge on any atom is 0.356 e. The second kappa shape index (κ2) is 6.78. The van der Waals surface area contributed by atoms with Crippen LogP contribution in [0.2, 0.25) is 0 Å². The lowest BCUT2D eigenvalue weighted by Gasteiger charge is -2.08. The molecule has 2 rings (SSSR count). The van der Waals surface area contributed by atoms with Crippen molar-refractivity contribution in [3.8, 4) is 5.75 Å². The Hall–Kier alpha value is -2.50. The zero-order valence-corrected chi connectivity index (χ0v) is 12.2. The summed E-state index contributed by atoms with van der Waals surface area (Å²) in [5.41, 5.74) is 1.75. The molecule has 0 atom stereocenters. The first-order chi connectivity index (χ1) is 10.2. The number of anilines is 1. The Morgan fingerprint density at radius 3 is 2.62 bits per heavy atom. The van der Waals surface area contributed by atoms with Crippen LogP contribution in [0.3, 0.4) is 0 Å². The number of carboxylic acids is 1. The molecule has 1 aromatic carbocycles. The van der Waals surface area contributed by atoms with Gasteiger partial charge in [-0.25, -0.2) is 4.79 Å². The molecule has 1 heterocycles. The number of rotatable bonds is 7. The molecule has 0 radical (unpaired) electrons. The van der Waals surface area contributed by atoms with Gasteiger partial charge in [0, 0.05) is 13.1 Å². The topological polar surface area (TPSA) is 76.4 Å². The number of aryl methyl sites for hydroxylation is 1. The highest BCUT2D eigenvalue weighted by Crippen LogP contribution is 2.17. The fourth-order valence-electron chi connectivity index (χ4n) is 2.05. The first kappa shape index (κ1) is 14.9. The first-order valence-electron chi connectivity index (χ1n) is 6.90. The van der Waals surface area contributed by atoms with Crippen molar-refractivity contribution in [2.24, 2.45) is 0 Å². The number of aromatic carboxylic acids is 1. The summed E-state index contributed by atoms with van der Waals surface area (Å²) < 4.78 is 6.84. The number of hydrogen-bond donors (Lipinski definition) is 2. The third kappa shape index (κ3) is 3.53. The van der Waals surface area contributed by atoms with Crippen LogP contribution in [0.1, 0.15) is 29.9 Å². The van der Waals surface area contributed by atoms with Gasteiger partial charge in [0.25, 0.3) is 0 Å².